The molecule has 0 spiro atoms. The summed E-state index contributed by atoms with van der Waals surface area (Å²) >= 11 is 0. The van der Waals surface area contributed by atoms with Crippen LogP contribution in [0.1, 0.15) is 11.1 Å². The van der Waals surface area contributed by atoms with Crippen LogP contribution in [0.5, 0.6) is 0 Å². The van der Waals surface area contributed by atoms with E-state index in [0.29, 0.717) is 11.8 Å². The van der Waals surface area contributed by atoms with Gasteiger partial charge >= 0.3 is 0 Å². The Balaban J connectivity index is 1.52. The average molecular weight is 446 g/mol. The highest BCUT2D eigenvalue weighted by Gasteiger charge is 2.35. The van der Waals surface area contributed by atoms with Gasteiger partial charge in [-0.05, 0) is 68.8 Å². The number of aromatic amines is 1. The Kier molecular flexibility index (Phi) is 3.84. The third-order valence-corrected chi connectivity index (χ3v) is 7.91. The molecule has 35 heavy (non-hydrogen) atoms. The Morgan fingerprint density at radius 3 is 1.49 bits per heavy atom. The number of allylic oxidation sites excluding steroid dienone is 8. The molecule has 1 heteroatoms. The van der Waals surface area contributed by atoms with Gasteiger partial charge in [0, 0.05) is 33.6 Å². The third kappa shape index (κ3) is 2.70. The zero-order chi connectivity index (χ0) is 22.9. The monoisotopic (exact) mass is 445 g/mol. The van der Waals surface area contributed by atoms with Crippen molar-refractivity contribution in [3.63, 3.8) is 0 Å². The van der Waals surface area contributed by atoms with Crippen LogP contribution >= 0.6 is 0 Å². The van der Waals surface area contributed by atoms with Crippen molar-refractivity contribution in [2.24, 2.45) is 11.8 Å². The topological polar surface area (TPSA) is 15.8 Å². The fourth-order valence-electron chi connectivity index (χ4n) is 6.38. The van der Waals surface area contributed by atoms with Crippen LogP contribution in [0.2, 0.25) is 0 Å². The highest BCUT2D eigenvalue weighted by Crippen LogP contribution is 2.53. The van der Waals surface area contributed by atoms with Gasteiger partial charge in [-0.3, -0.25) is 0 Å². The van der Waals surface area contributed by atoms with Crippen molar-refractivity contribution in [3.05, 3.63) is 133 Å². The van der Waals surface area contributed by atoms with Gasteiger partial charge < -0.3 is 4.98 Å². The quantitative estimate of drug-likeness (QED) is 0.279. The van der Waals surface area contributed by atoms with Gasteiger partial charge in [0.2, 0.25) is 0 Å². The van der Waals surface area contributed by atoms with Gasteiger partial charge in [0.15, 0.2) is 0 Å². The normalized spacial score (nSPS) is 19.5. The Morgan fingerprint density at radius 2 is 1.00 bits per heavy atom. The van der Waals surface area contributed by atoms with E-state index in [0.717, 1.165) is 0 Å². The molecule has 3 aliphatic carbocycles. The van der Waals surface area contributed by atoms with E-state index in [4.69, 9.17) is 0 Å². The van der Waals surface area contributed by atoms with Gasteiger partial charge in [-0.2, -0.15) is 0 Å². The first-order valence-corrected chi connectivity index (χ1v) is 12.4. The molecule has 8 rings (SSSR count). The molecule has 0 saturated heterocycles. The molecule has 1 nitrogen and oxygen atoms in total. The number of nitrogens with one attached hydrogen (secondary N) is 1. The standard InChI is InChI=1S/C34H23N/c1-3-9-21(10-4-1)24-17-28-26-15-7-13-23-14-8-16-27(32(23)26)29-18-25(22-11-5-2-6-12-22)20-31-34(29)33(28)30(19-24)35-31/h1-20,23,32,35H. The first-order valence-electron chi connectivity index (χ1n) is 12.4. The van der Waals surface area contributed by atoms with E-state index in [-0.39, 0.29) is 0 Å². The highest BCUT2D eigenvalue weighted by molar-refractivity contribution is 6.20. The summed E-state index contributed by atoms with van der Waals surface area (Å²) in [5.41, 5.74) is 13.0. The molecule has 1 heterocycles. The molecule has 1 aromatic heterocycles. The number of fused-ring (bicyclic) bond motifs is 2. The molecule has 0 atom stereocenters. The second-order valence-corrected chi connectivity index (χ2v) is 9.82. The highest BCUT2D eigenvalue weighted by atomic mass is 14.7. The maximum Gasteiger partial charge on any atom is 0.0477 e. The molecule has 0 radical (unpaired) electrons. The summed E-state index contributed by atoms with van der Waals surface area (Å²) in [7, 11) is 0. The van der Waals surface area contributed by atoms with Crippen LogP contribution in [0, 0.1) is 11.8 Å². The van der Waals surface area contributed by atoms with Gasteiger partial charge in [-0.15, -0.1) is 0 Å². The lowest BCUT2D eigenvalue weighted by Crippen LogP contribution is -2.18. The van der Waals surface area contributed by atoms with E-state index < -0.39 is 0 Å². The summed E-state index contributed by atoms with van der Waals surface area (Å²) in [4.78, 5) is 3.83. The van der Waals surface area contributed by atoms with E-state index in [9.17, 15) is 0 Å². The molecular formula is C34H23N. The molecule has 0 saturated carbocycles. The van der Waals surface area contributed by atoms with Crippen molar-refractivity contribution in [2.45, 2.75) is 0 Å². The molecular weight excluding hydrogens is 422 g/mol. The minimum atomic E-state index is 0.334. The molecule has 0 unspecified atom stereocenters. The fourth-order valence-corrected chi connectivity index (χ4v) is 6.38. The largest absolute Gasteiger partial charge is 0.354 e. The zero-order valence-electron chi connectivity index (χ0n) is 19.2. The molecule has 3 aliphatic rings. The molecule has 0 amide bonds. The van der Waals surface area contributed by atoms with Crippen LogP contribution in [0.15, 0.2) is 121 Å². The van der Waals surface area contributed by atoms with Crippen molar-refractivity contribution in [3.8, 4) is 22.3 Å². The molecule has 4 aromatic carbocycles. The summed E-state index contributed by atoms with van der Waals surface area (Å²) in [6.07, 6.45) is 13.9. The maximum absolute atomic E-state index is 3.83. The third-order valence-electron chi connectivity index (χ3n) is 7.91. The molecule has 0 fully saturated rings. The average Bonchev–Trinajstić information content (AvgIpc) is 3.25. The maximum atomic E-state index is 3.83. The van der Waals surface area contributed by atoms with Crippen LogP contribution in [0.3, 0.4) is 0 Å². The first kappa shape index (κ1) is 19.0. The molecule has 1 N–H and O–H groups in total. The zero-order valence-corrected chi connectivity index (χ0v) is 19.2. The number of aromatic nitrogens is 1. The smallest absolute Gasteiger partial charge is 0.0477 e. The van der Waals surface area contributed by atoms with Gasteiger partial charge in [0.1, 0.15) is 0 Å². The second kappa shape index (κ2) is 7.07. The lowest BCUT2D eigenvalue weighted by atomic mass is 9.71. The number of hydrogen-bond acceptors (Lipinski definition) is 0. The predicted octanol–water partition coefficient (Wildman–Crippen LogP) is 8.81. The number of benzene rings is 4. The van der Waals surface area contributed by atoms with Crippen molar-refractivity contribution in [1.82, 2.24) is 4.98 Å². The summed E-state index contributed by atoms with van der Waals surface area (Å²) < 4.78 is 0. The lowest BCUT2D eigenvalue weighted by molar-refractivity contribution is 0.697. The Bertz CT molecular complexity index is 1650. The number of H-pyrrole nitrogens is 1. The van der Waals surface area contributed by atoms with Gasteiger partial charge in [0.05, 0.1) is 0 Å². The Hall–Kier alpha value is -4.36. The summed E-state index contributed by atoms with van der Waals surface area (Å²) in [6.45, 7) is 0. The minimum absolute atomic E-state index is 0.334. The number of hydrogen-bond donors (Lipinski definition) is 1. The van der Waals surface area contributed by atoms with Crippen LogP contribution in [-0.2, 0) is 0 Å². The van der Waals surface area contributed by atoms with Crippen molar-refractivity contribution < 1.29 is 0 Å². The Morgan fingerprint density at radius 1 is 0.514 bits per heavy atom. The van der Waals surface area contributed by atoms with Crippen LogP contribution in [0.4, 0.5) is 0 Å². The minimum Gasteiger partial charge on any atom is -0.354 e. The number of rotatable bonds is 2. The van der Waals surface area contributed by atoms with Crippen LogP contribution < -0.4 is 0 Å². The van der Waals surface area contributed by atoms with Crippen molar-refractivity contribution in [2.75, 3.05) is 0 Å². The first-order chi connectivity index (χ1) is 17.3. The van der Waals surface area contributed by atoms with Gasteiger partial charge in [0.25, 0.3) is 0 Å². The molecule has 0 bridgehead atoms. The van der Waals surface area contributed by atoms with Crippen LogP contribution in [0.25, 0.3) is 55.2 Å². The molecule has 0 aliphatic heterocycles. The van der Waals surface area contributed by atoms with E-state index in [2.05, 4.69) is 126 Å². The fraction of sp³-hybridized carbons (Fsp3) is 0.0588. The van der Waals surface area contributed by atoms with Crippen LogP contribution in [-0.4, -0.2) is 4.98 Å². The predicted molar refractivity (Wildman–Crippen MR) is 148 cm³/mol. The van der Waals surface area contributed by atoms with Crippen molar-refractivity contribution in [1.29, 1.82) is 0 Å². The Labute approximate surface area is 204 Å². The van der Waals surface area contributed by atoms with E-state index in [1.54, 1.807) is 0 Å². The van der Waals surface area contributed by atoms with Crippen molar-refractivity contribution >= 4 is 33.0 Å². The van der Waals surface area contributed by atoms with Gasteiger partial charge in [-0.25, -0.2) is 0 Å². The lowest BCUT2D eigenvalue weighted by Gasteiger charge is -2.32. The van der Waals surface area contributed by atoms with E-state index in [1.807, 2.05) is 0 Å². The SMILES string of the molecule is C1=CC2C=CC=C3c4cc(-c5ccccc5)cc5[nH]c6cc(-c7ccccc7)cc(c6c45)C(=C1)C32. The van der Waals surface area contributed by atoms with Gasteiger partial charge in [-0.1, -0.05) is 97.1 Å². The summed E-state index contributed by atoms with van der Waals surface area (Å²) in [5, 5.41) is 2.70. The second-order valence-electron chi connectivity index (χ2n) is 9.82. The molecule has 5 aromatic rings. The summed E-state index contributed by atoms with van der Waals surface area (Å²) in [5.74, 6) is 0.717. The van der Waals surface area contributed by atoms with E-state index in [1.165, 1.54) is 66.3 Å². The van der Waals surface area contributed by atoms with E-state index >= 15 is 0 Å². The molecule has 164 valence electrons. The summed E-state index contributed by atoms with van der Waals surface area (Å²) in [6, 6.07) is 31.0.